The number of aryl methyl sites for hydroxylation is 1. The third kappa shape index (κ3) is 1.67. The third-order valence-corrected chi connectivity index (χ3v) is 1.53. The molecule has 0 spiro atoms. The standard InChI is InChI=1S/C8H11FN2/c1-6-8(9)4-7(5-10-6)11(2)3/h4-5H,1-3H3. The molecule has 1 aromatic rings. The molecule has 1 rings (SSSR count). The second kappa shape index (κ2) is 2.86. The third-order valence-electron chi connectivity index (χ3n) is 1.53. The van der Waals surface area contributed by atoms with Gasteiger partial charge in [0.15, 0.2) is 0 Å². The molecule has 0 aliphatic carbocycles. The monoisotopic (exact) mass is 154 g/mol. The molecule has 11 heavy (non-hydrogen) atoms. The predicted molar refractivity (Wildman–Crippen MR) is 43.3 cm³/mol. The van der Waals surface area contributed by atoms with Crippen molar-refractivity contribution in [1.29, 1.82) is 0 Å². The van der Waals surface area contributed by atoms with E-state index < -0.39 is 0 Å². The van der Waals surface area contributed by atoms with Crippen molar-refractivity contribution >= 4 is 5.69 Å². The molecule has 0 aliphatic heterocycles. The lowest BCUT2D eigenvalue weighted by molar-refractivity contribution is 0.609. The Morgan fingerprint density at radius 1 is 1.45 bits per heavy atom. The highest BCUT2D eigenvalue weighted by Gasteiger charge is 2.00. The fourth-order valence-electron chi connectivity index (χ4n) is 0.741. The zero-order chi connectivity index (χ0) is 8.43. The molecular formula is C8H11FN2. The highest BCUT2D eigenvalue weighted by molar-refractivity contribution is 5.42. The molecule has 2 nitrogen and oxygen atoms in total. The van der Waals surface area contributed by atoms with Crippen molar-refractivity contribution in [3.05, 3.63) is 23.8 Å². The summed E-state index contributed by atoms with van der Waals surface area (Å²) in [6.45, 7) is 1.65. The molecule has 0 saturated carbocycles. The number of anilines is 1. The Hall–Kier alpha value is -1.12. The van der Waals surface area contributed by atoms with Gasteiger partial charge in [-0.3, -0.25) is 4.98 Å². The highest BCUT2D eigenvalue weighted by Crippen LogP contribution is 2.12. The zero-order valence-corrected chi connectivity index (χ0v) is 6.93. The first-order chi connectivity index (χ1) is 5.11. The van der Waals surface area contributed by atoms with Gasteiger partial charge in [0.25, 0.3) is 0 Å². The van der Waals surface area contributed by atoms with Gasteiger partial charge < -0.3 is 4.90 Å². The number of nitrogens with zero attached hydrogens (tertiary/aromatic N) is 2. The lowest BCUT2D eigenvalue weighted by atomic mass is 10.3. The average molecular weight is 154 g/mol. The van der Waals surface area contributed by atoms with E-state index in [1.54, 1.807) is 13.1 Å². The molecule has 0 radical (unpaired) electrons. The van der Waals surface area contributed by atoms with E-state index >= 15 is 0 Å². The first kappa shape index (κ1) is 7.98. The van der Waals surface area contributed by atoms with Crippen LogP contribution in [0.15, 0.2) is 12.3 Å². The number of rotatable bonds is 1. The summed E-state index contributed by atoms with van der Waals surface area (Å²) in [5, 5.41) is 0. The largest absolute Gasteiger partial charge is 0.376 e. The summed E-state index contributed by atoms with van der Waals surface area (Å²) >= 11 is 0. The molecule has 0 fully saturated rings. The first-order valence-corrected chi connectivity index (χ1v) is 3.40. The average Bonchev–Trinajstić information content (AvgIpc) is 1.94. The SMILES string of the molecule is Cc1ncc(N(C)C)cc1F. The van der Waals surface area contributed by atoms with Crippen molar-refractivity contribution in [3.8, 4) is 0 Å². The van der Waals surface area contributed by atoms with Crippen LogP contribution in [0.4, 0.5) is 10.1 Å². The molecule has 0 unspecified atom stereocenters. The topological polar surface area (TPSA) is 16.1 Å². The van der Waals surface area contributed by atoms with Crippen LogP contribution in [-0.4, -0.2) is 19.1 Å². The molecule has 0 amide bonds. The van der Waals surface area contributed by atoms with Gasteiger partial charge in [-0.15, -0.1) is 0 Å². The van der Waals surface area contributed by atoms with Crippen molar-refractivity contribution in [2.75, 3.05) is 19.0 Å². The van der Waals surface area contributed by atoms with Crippen LogP contribution < -0.4 is 4.90 Å². The van der Waals surface area contributed by atoms with Gasteiger partial charge in [-0.25, -0.2) is 4.39 Å². The predicted octanol–water partition coefficient (Wildman–Crippen LogP) is 1.60. The summed E-state index contributed by atoms with van der Waals surface area (Å²) in [6, 6.07) is 1.47. The fraction of sp³-hybridized carbons (Fsp3) is 0.375. The molecule has 1 aromatic heterocycles. The van der Waals surface area contributed by atoms with Crippen LogP contribution in [-0.2, 0) is 0 Å². The minimum Gasteiger partial charge on any atom is -0.376 e. The Morgan fingerprint density at radius 2 is 2.09 bits per heavy atom. The lowest BCUT2D eigenvalue weighted by Gasteiger charge is -2.11. The Bertz CT molecular complexity index is 258. The summed E-state index contributed by atoms with van der Waals surface area (Å²) in [5.74, 6) is -0.254. The normalized spacial score (nSPS) is 9.82. The van der Waals surface area contributed by atoms with Gasteiger partial charge in [0.1, 0.15) is 5.82 Å². The maximum atomic E-state index is 12.9. The summed E-state index contributed by atoms with van der Waals surface area (Å²) in [6.07, 6.45) is 1.65. The second-order valence-corrected chi connectivity index (χ2v) is 2.66. The van der Waals surface area contributed by atoms with Gasteiger partial charge in [0.05, 0.1) is 17.6 Å². The summed E-state index contributed by atoms with van der Waals surface area (Å²) in [5.41, 5.74) is 1.23. The Morgan fingerprint density at radius 3 is 2.55 bits per heavy atom. The Kier molecular flexibility index (Phi) is 2.08. The molecule has 0 N–H and O–H groups in total. The summed E-state index contributed by atoms with van der Waals surface area (Å²) in [4.78, 5) is 5.70. The summed E-state index contributed by atoms with van der Waals surface area (Å²) in [7, 11) is 3.71. The highest BCUT2D eigenvalue weighted by atomic mass is 19.1. The van der Waals surface area contributed by atoms with E-state index in [-0.39, 0.29) is 5.82 Å². The van der Waals surface area contributed by atoms with E-state index in [0.717, 1.165) is 5.69 Å². The smallest absolute Gasteiger partial charge is 0.146 e. The van der Waals surface area contributed by atoms with Crippen LogP contribution in [0.25, 0.3) is 0 Å². The molecule has 0 saturated heterocycles. The van der Waals surface area contributed by atoms with Gasteiger partial charge in [0.2, 0.25) is 0 Å². The van der Waals surface area contributed by atoms with Crippen molar-refractivity contribution in [3.63, 3.8) is 0 Å². The van der Waals surface area contributed by atoms with E-state index in [9.17, 15) is 4.39 Å². The maximum absolute atomic E-state index is 12.9. The molecule has 0 aromatic carbocycles. The van der Waals surface area contributed by atoms with Crippen LogP contribution >= 0.6 is 0 Å². The summed E-state index contributed by atoms with van der Waals surface area (Å²) < 4.78 is 12.9. The van der Waals surface area contributed by atoms with Gasteiger partial charge >= 0.3 is 0 Å². The number of aromatic nitrogens is 1. The maximum Gasteiger partial charge on any atom is 0.146 e. The van der Waals surface area contributed by atoms with E-state index in [0.29, 0.717) is 5.69 Å². The molecule has 0 aliphatic rings. The molecule has 0 bridgehead atoms. The van der Waals surface area contributed by atoms with E-state index in [2.05, 4.69) is 4.98 Å². The lowest BCUT2D eigenvalue weighted by Crippen LogP contribution is -2.09. The second-order valence-electron chi connectivity index (χ2n) is 2.66. The quantitative estimate of drug-likeness (QED) is 0.610. The van der Waals surface area contributed by atoms with E-state index in [4.69, 9.17) is 0 Å². The van der Waals surface area contributed by atoms with Crippen LogP contribution in [0, 0.1) is 12.7 Å². The van der Waals surface area contributed by atoms with Crippen molar-refractivity contribution in [1.82, 2.24) is 4.98 Å². The van der Waals surface area contributed by atoms with Crippen LogP contribution in [0.5, 0.6) is 0 Å². The number of halogens is 1. The molecular weight excluding hydrogens is 143 g/mol. The number of hydrogen-bond donors (Lipinski definition) is 0. The Balaban J connectivity index is 3.05. The minimum atomic E-state index is -0.254. The molecule has 1 heterocycles. The van der Waals surface area contributed by atoms with Crippen molar-refractivity contribution < 1.29 is 4.39 Å². The zero-order valence-electron chi connectivity index (χ0n) is 6.93. The number of pyridine rings is 1. The van der Waals surface area contributed by atoms with Crippen LogP contribution in [0.1, 0.15) is 5.69 Å². The van der Waals surface area contributed by atoms with Crippen LogP contribution in [0.2, 0.25) is 0 Å². The van der Waals surface area contributed by atoms with Crippen molar-refractivity contribution in [2.45, 2.75) is 6.92 Å². The molecule has 0 atom stereocenters. The number of hydrogen-bond acceptors (Lipinski definition) is 2. The first-order valence-electron chi connectivity index (χ1n) is 3.40. The van der Waals surface area contributed by atoms with E-state index in [1.807, 2.05) is 19.0 Å². The Labute approximate surface area is 65.7 Å². The van der Waals surface area contributed by atoms with Crippen molar-refractivity contribution in [2.24, 2.45) is 0 Å². The minimum absolute atomic E-state index is 0.254. The molecule has 60 valence electrons. The van der Waals surface area contributed by atoms with Gasteiger partial charge in [0, 0.05) is 20.2 Å². The molecule has 3 heteroatoms. The van der Waals surface area contributed by atoms with E-state index in [1.165, 1.54) is 6.07 Å². The van der Waals surface area contributed by atoms with Gasteiger partial charge in [-0.2, -0.15) is 0 Å². The fourth-order valence-corrected chi connectivity index (χ4v) is 0.741. The van der Waals surface area contributed by atoms with Gasteiger partial charge in [-0.1, -0.05) is 0 Å². The van der Waals surface area contributed by atoms with Crippen LogP contribution in [0.3, 0.4) is 0 Å². The van der Waals surface area contributed by atoms with Gasteiger partial charge in [-0.05, 0) is 6.92 Å².